The second kappa shape index (κ2) is 9.65. The van der Waals surface area contributed by atoms with Gasteiger partial charge < -0.3 is 14.2 Å². The highest BCUT2D eigenvalue weighted by atomic mass is 19.2. The highest BCUT2D eigenvalue weighted by Crippen LogP contribution is 2.25. The molecule has 4 rings (SSSR count). The Morgan fingerprint density at radius 2 is 1.97 bits per heavy atom. The molecule has 0 saturated carbocycles. The quantitative estimate of drug-likeness (QED) is 0.402. The fourth-order valence-electron chi connectivity index (χ4n) is 3.37. The summed E-state index contributed by atoms with van der Waals surface area (Å²) in [4.78, 5) is 6.34. The molecule has 7 heteroatoms. The zero-order chi connectivity index (χ0) is 23.4. The fraction of sp³-hybridized carbons (Fsp3) is 0.154. The second-order valence-corrected chi connectivity index (χ2v) is 7.46. The third-order valence-electron chi connectivity index (χ3n) is 5.07. The van der Waals surface area contributed by atoms with Crippen molar-refractivity contribution in [2.24, 2.45) is 4.99 Å². The summed E-state index contributed by atoms with van der Waals surface area (Å²) in [6, 6.07) is 13.5. The predicted molar refractivity (Wildman–Crippen MR) is 124 cm³/mol. The zero-order valence-electron chi connectivity index (χ0n) is 18.4. The van der Waals surface area contributed by atoms with Crippen molar-refractivity contribution in [2.45, 2.75) is 20.4 Å². The van der Waals surface area contributed by atoms with Gasteiger partial charge in [-0.05, 0) is 61.9 Å². The van der Waals surface area contributed by atoms with Crippen LogP contribution in [0.3, 0.4) is 0 Å². The lowest BCUT2D eigenvalue weighted by Crippen LogP contribution is -2.13. The number of benzene rings is 2. The van der Waals surface area contributed by atoms with Crippen molar-refractivity contribution in [3.8, 4) is 17.0 Å². The summed E-state index contributed by atoms with van der Waals surface area (Å²) in [6.45, 7) is 8.58. The SMILES string of the molecule is C=C1C=CN(Cc2cc(-c3ccc(OCC)cc3)no2)C=C1/N=C(\C)c1cccc(F)c1F. The molecule has 1 aliphatic heterocycles. The van der Waals surface area contributed by atoms with Crippen molar-refractivity contribution in [2.75, 3.05) is 6.61 Å². The van der Waals surface area contributed by atoms with Gasteiger partial charge in [0.15, 0.2) is 17.4 Å². The topological polar surface area (TPSA) is 50.9 Å². The minimum atomic E-state index is -0.920. The Morgan fingerprint density at radius 3 is 2.73 bits per heavy atom. The Kier molecular flexibility index (Phi) is 6.49. The van der Waals surface area contributed by atoms with Gasteiger partial charge in [0, 0.05) is 35.3 Å². The van der Waals surface area contributed by atoms with E-state index in [1.807, 2.05) is 48.4 Å². The van der Waals surface area contributed by atoms with Crippen LogP contribution in [0.15, 0.2) is 94.4 Å². The van der Waals surface area contributed by atoms with Gasteiger partial charge in [-0.2, -0.15) is 0 Å². The van der Waals surface area contributed by atoms with Crippen LogP contribution in [-0.2, 0) is 6.54 Å². The van der Waals surface area contributed by atoms with Crippen LogP contribution in [0.25, 0.3) is 11.3 Å². The van der Waals surface area contributed by atoms with Gasteiger partial charge in [-0.25, -0.2) is 8.78 Å². The van der Waals surface area contributed by atoms with E-state index in [2.05, 4.69) is 16.7 Å². The number of hydrogen-bond acceptors (Lipinski definition) is 5. The molecule has 0 radical (unpaired) electrons. The lowest BCUT2D eigenvalue weighted by atomic mass is 10.1. The van der Waals surface area contributed by atoms with Gasteiger partial charge >= 0.3 is 0 Å². The maximum absolute atomic E-state index is 14.1. The second-order valence-electron chi connectivity index (χ2n) is 7.46. The van der Waals surface area contributed by atoms with Gasteiger partial charge in [-0.15, -0.1) is 0 Å². The van der Waals surface area contributed by atoms with E-state index in [0.717, 1.165) is 23.1 Å². The van der Waals surface area contributed by atoms with Crippen molar-refractivity contribution in [1.82, 2.24) is 10.1 Å². The first-order valence-electron chi connectivity index (χ1n) is 10.5. The van der Waals surface area contributed by atoms with Crippen LogP contribution in [-0.4, -0.2) is 22.4 Å². The van der Waals surface area contributed by atoms with E-state index in [1.54, 1.807) is 19.2 Å². The summed E-state index contributed by atoms with van der Waals surface area (Å²) in [7, 11) is 0. The van der Waals surface area contributed by atoms with Crippen LogP contribution < -0.4 is 4.74 Å². The molecule has 3 aromatic rings. The van der Waals surface area contributed by atoms with Gasteiger partial charge in [0.25, 0.3) is 0 Å². The molecule has 0 N–H and O–H groups in total. The number of ether oxygens (including phenoxy) is 1. The Hall–Kier alpha value is -4.00. The summed E-state index contributed by atoms with van der Waals surface area (Å²) < 4.78 is 38.7. The molecule has 2 heterocycles. The Morgan fingerprint density at radius 1 is 1.18 bits per heavy atom. The molecule has 2 aromatic carbocycles. The zero-order valence-corrected chi connectivity index (χ0v) is 18.4. The lowest BCUT2D eigenvalue weighted by molar-refractivity contribution is 0.339. The third kappa shape index (κ3) is 5.09. The van der Waals surface area contributed by atoms with E-state index in [0.29, 0.717) is 35.9 Å². The molecule has 168 valence electrons. The summed E-state index contributed by atoms with van der Waals surface area (Å²) in [5.74, 6) is -0.371. The number of hydrogen-bond donors (Lipinski definition) is 0. The van der Waals surface area contributed by atoms with E-state index >= 15 is 0 Å². The van der Waals surface area contributed by atoms with Crippen LogP contribution in [0.1, 0.15) is 25.2 Å². The molecule has 1 aliphatic rings. The summed E-state index contributed by atoms with van der Waals surface area (Å²) >= 11 is 0. The van der Waals surface area contributed by atoms with E-state index in [9.17, 15) is 8.78 Å². The molecule has 1 aromatic heterocycles. The average Bonchev–Trinajstić information content (AvgIpc) is 3.27. The third-order valence-corrected chi connectivity index (χ3v) is 5.07. The van der Waals surface area contributed by atoms with Crippen molar-refractivity contribution in [3.63, 3.8) is 0 Å². The Bertz CT molecular complexity index is 1260. The maximum atomic E-state index is 14.1. The molecule has 0 amide bonds. The van der Waals surface area contributed by atoms with Gasteiger partial charge in [-0.1, -0.05) is 17.8 Å². The normalized spacial score (nSPS) is 13.9. The molecule has 5 nitrogen and oxygen atoms in total. The van der Waals surface area contributed by atoms with Crippen LogP contribution in [0, 0.1) is 11.6 Å². The largest absolute Gasteiger partial charge is 0.494 e. The van der Waals surface area contributed by atoms with Crippen molar-refractivity contribution < 1.29 is 18.0 Å². The number of rotatable bonds is 7. The first-order chi connectivity index (χ1) is 15.9. The molecule has 0 fully saturated rings. The summed E-state index contributed by atoms with van der Waals surface area (Å²) in [5.41, 5.74) is 3.31. The van der Waals surface area contributed by atoms with Crippen LogP contribution in [0.2, 0.25) is 0 Å². The van der Waals surface area contributed by atoms with Gasteiger partial charge in [0.05, 0.1) is 18.8 Å². The number of aromatic nitrogens is 1. The number of aliphatic imine (C=N–C) groups is 1. The monoisotopic (exact) mass is 447 g/mol. The van der Waals surface area contributed by atoms with Crippen molar-refractivity contribution in [3.05, 3.63) is 108 Å². The first-order valence-corrected chi connectivity index (χ1v) is 10.5. The number of nitrogens with zero attached hydrogens (tertiary/aromatic N) is 3. The lowest BCUT2D eigenvalue weighted by Gasteiger charge is -2.20. The molecule has 0 unspecified atom stereocenters. The molecule has 0 atom stereocenters. The summed E-state index contributed by atoms with van der Waals surface area (Å²) in [5, 5.41) is 4.16. The first kappa shape index (κ1) is 22.2. The summed E-state index contributed by atoms with van der Waals surface area (Å²) in [6.07, 6.45) is 5.43. The van der Waals surface area contributed by atoms with E-state index in [-0.39, 0.29) is 5.56 Å². The molecular formula is C26H23F2N3O2. The highest BCUT2D eigenvalue weighted by molar-refractivity contribution is 5.99. The number of halogens is 2. The smallest absolute Gasteiger partial charge is 0.167 e. The van der Waals surface area contributed by atoms with Gasteiger partial charge in [-0.3, -0.25) is 4.99 Å². The molecular weight excluding hydrogens is 424 g/mol. The van der Waals surface area contributed by atoms with Gasteiger partial charge in [0.2, 0.25) is 0 Å². The fourth-order valence-corrected chi connectivity index (χ4v) is 3.37. The molecule has 0 bridgehead atoms. The van der Waals surface area contributed by atoms with E-state index in [4.69, 9.17) is 9.26 Å². The van der Waals surface area contributed by atoms with Gasteiger partial charge in [0.1, 0.15) is 11.4 Å². The number of allylic oxidation sites excluding steroid dienone is 1. The standard InChI is InChI=1S/C26H23F2N3O2/c1-4-32-20-10-8-19(9-11-20)24-14-21(33-30-24)15-31-13-12-17(2)25(16-31)29-18(3)22-6-5-7-23(27)26(22)28/h5-14,16H,2,4,15H2,1,3H3/b29-18+. The van der Waals surface area contributed by atoms with Crippen LogP contribution in [0.4, 0.5) is 8.78 Å². The van der Waals surface area contributed by atoms with Crippen LogP contribution >= 0.6 is 0 Å². The predicted octanol–water partition coefficient (Wildman–Crippen LogP) is 6.25. The molecule has 0 aliphatic carbocycles. The van der Waals surface area contributed by atoms with Crippen LogP contribution in [0.5, 0.6) is 5.75 Å². The average molecular weight is 447 g/mol. The molecule has 33 heavy (non-hydrogen) atoms. The minimum Gasteiger partial charge on any atom is -0.494 e. The van der Waals surface area contributed by atoms with Crippen molar-refractivity contribution >= 4 is 5.71 Å². The molecule has 0 saturated heterocycles. The minimum absolute atomic E-state index is 0.111. The van der Waals surface area contributed by atoms with Crippen molar-refractivity contribution in [1.29, 1.82) is 0 Å². The Balaban J connectivity index is 1.50. The highest BCUT2D eigenvalue weighted by Gasteiger charge is 2.15. The Labute approximate surface area is 191 Å². The molecule has 0 spiro atoms. The maximum Gasteiger partial charge on any atom is 0.167 e. The van der Waals surface area contributed by atoms with E-state index < -0.39 is 11.6 Å². The van der Waals surface area contributed by atoms with E-state index in [1.165, 1.54) is 12.1 Å².